The van der Waals surface area contributed by atoms with Crippen molar-refractivity contribution in [1.82, 2.24) is 0 Å². The van der Waals surface area contributed by atoms with Crippen molar-refractivity contribution in [2.24, 2.45) is 0 Å². The smallest absolute Gasteiger partial charge is 0.158 e. The van der Waals surface area contributed by atoms with Gasteiger partial charge in [0.2, 0.25) is 0 Å². The van der Waals surface area contributed by atoms with E-state index in [-0.39, 0.29) is 5.75 Å². The van der Waals surface area contributed by atoms with E-state index < -0.39 is 22.8 Å². The lowest BCUT2D eigenvalue weighted by Crippen LogP contribution is -2.56. The first-order valence-electron chi connectivity index (χ1n) is 11.8. The predicted octanol–water partition coefficient (Wildman–Crippen LogP) is 3.31. The molecule has 2 atom stereocenters. The number of hydrogen-bond donors (Lipinski definition) is 0. The number of carboxylic acid groups (broad SMARTS) is 1. The Balaban J connectivity index is 2.42. The number of carbonyl (C=O) groups is 1. The first-order valence-corrected chi connectivity index (χ1v) is 13.2. The van der Waals surface area contributed by atoms with Crippen LogP contribution in [-0.4, -0.2) is 62.7 Å². The lowest BCUT2D eigenvalue weighted by Gasteiger charge is -2.44. The molecule has 0 aliphatic rings. The van der Waals surface area contributed by atoms with E-state index in [1.165, 1.54) is 21.3 Å². The first kappa shape index (κ1) is 29.2. The Morgan fingerprint density at radius 2 is 1.47 bits per heavy atom. The van der Waals surface area contributed by atoms with Crippen molar-refractivity contribution in [3.8, 4) is 23.0 Å². The summed E-state index contributed by atoms with van der Waals surface area (Å²) in [6, 6.07) is 7.84. The van der Waals surface area contributed by atoms with Crippen LogP contribution in [0.5, 0.6) is 23.0 Å². The molecule has 0 aliphatic carbocycles. The summed E-state index contributed by atoms with van der Waals surface area (Å²) >= 11 is 0. The Hall–Kier alpha value is -3.04. The molecule has 2 aromatic carbocycles. The highest BCUT2D eigenvalue weighted by atomic mass is 32.2. The minimum atomic E-state index is -1.40. The van der Waals surface area contributed by atoms with Crippen LogP contribution in [0.1, 0.15) is 43.5 Å². The van der Waals surface area contributed by atoms with Crippen LogP contribution in [0.15, 0.2) is 35.7 Å². The van der Waals surface area contributed by atoms with Crippen LogP contribution in [0.3, 0.4) is 0 Å². The van der Waals surface area contributed by atoms with E-state index in [0.29, 0.717) is 58.2 Å². The topological polar surface area (TPSA) is 94.1 Å². The molecule has 0 bridgehead atoms. The Morgan fingerprint density at radius 3 is 1.92 bits per heavy atom. The summed E-state index contributed by atoms with van der Waals surface area (Å²) in [6.45, 7) is 7.79. The molecule has 0 N–H and O–H groups in total. The second kappa shape index (κ2) is 13.3. The number of carboxylic acids is 1. The Bertz CT molecular complexity index is 1060. The van der Waals surface area contributed by atoms with Crippen molar-refractivity contribution >= 4 is 22.8 Å². The molecule has 2 unspecified atom stereocenters. The normalized spacial score (nSPS) is 13.3. The lowest BCUT2D eigenvalue weighted by molar-refractivity contribution is -0.946. The molecule has 36 heavy (non-hydrogen) atoms. The number of hydrogen-bond acceptors (Lipinski definition) is 7. The van der Waals surface area contributed by atoms with E-state index in [1.54, 1.807) is 48.9 Å². The van der Waals surface area contributed by atoms with Gasteiger partial charge in [0.15, 0.2) is 6.04 Å². The number of benzene rings is 2. The van der Waals surface area contributed by atoms with E-state index in [0.717, 1.165) is 5.56 Å². The molecular weight excluding hydrogens is 482 g/mol. The van der Waals surface area contributed by atoms with Crippen LogP contribution in [0, 0.1) is 0 Å². The summed E-state index contributed by atoms with van der Waals surface area (Å²) in [5, 5.41) is 13.9. The maximum atomic E-state index is 13.0. The zero-order chi connectivity index (χ0) is 26.9. The molecular formula is C27H37NO7S. The second-order valence-corrected chi connectivity index (χ2v) is 9.56. The zero-order valence-electron chi connectivity index (χ0n) is 22.2. The minimum absolute atomic E-state index is 0.193. The van der Waals surface area contributed by atoms with Crippen molar-refractivity contribution in [3.63, 3.8) is 0 Å². The van der Waals surface area contributed by atoms with E-state index >= 15 is 0 Å². The molecule has 0 spiro atoms. The number of aliphatic carboxylic acids is 1. The van der Waals surface area contributed by atoms with Gasteiger partial charge in [0.25, 0.3) is 0 Å². The van der Waals surface area contributed by atoms with E-state index in [1.807, 2.05) is 20.8 Å². The highest BCUT2D eigenvalue weighted by Crippen LogP contribution is 2.36. The molecule has 0 saturated heterocycles. The van der Waals surface area contributed by atoms with Gasteiger partial charge in [0, 0.05) is 17.5 Å². The van der Waals surface area contributed by atoms with Gasteiger partial charge in [0.05, 0.1) is 75.8 Å². The van der Waals surface area contributed by atoms with Crippen LogP contribution < -0.4 is 24.1 Å². The fraction of sp³-hybridized carbons (Fsp3) is 0.444. The van der Waals surface area contributed by atoms with Gasteiger partial charge < -0.3 is 33.3 Å². The Morgan fingerprint density at radius 1 is 0.917 bits per heavy atom. The third kappa shape index (κ3) is 6.39. The molecule has 198 valence electrons. The monoisotopic (exact) mass is 519 g/mol. The van der Waals surface area contributed by atoms with Gasteiger partial charge in [-0.2, -0.15) is 0 Å². The van der Waals surface area contributed by atoms with Gasteiger partial charge in [-0.05, 0) is 44.5 Å². The molecule has 0 heterocycles. The third-order valence-corrected chi connectivity index (χ3v) is 7.76. The molecule has 0 saturated carbocycles. The summed E-state index contributed by atoms with van der Waals surface area (Å²) in [5.74, 6) is 1.14. The summed E-state index contributed by atoms with van der Waals surface area (Å²) in [7, 11) is 4.74. The molecule has 9 heteroatoms. The Kier molecular flexibility index (Phi) is 10.8. The number of likely N-dealkylation sites (N-methyl/N-ethyl adjacent to an activating group) is 1. The summed E-state index contributed by atoms with van der Waals surface area (Å²) in [4.78, 5) is 12.4. The number of ether oxygens (including phenoxy) is 4. The lowest BCUT2D eigenvalue weighted by atomic mass is 9.98. The largest absolute Gasteiger partial charge is 0.544 e. The molecule has 8 nitrogen and oxygen atoms in total. The summed E-state index contributed by atoms with van der Waals surface area (Å²) in [6.07, 6.45) is 1.69. The molecule has 2 rings (SSSR count). The molecule has 2 aromatic rings. The number of carbonyl (C=O) groups excluding carboxylic acids is 1. The van der Waals surface area contributed by atoms with E-state index in [2.05, 4.69) is 0 Å². The van der Waals surface area contributed by atoms with Gasteiger partial charge in [-0.1, -0.05) is 6.07 Å². The number of methoxy groups -OCH3 is 4. The van der Waals surface area contributed by atoms with Crippen molar-refractivity contribution in [3.05, 3.63) is 52.4 Å². The molecule has 0 amide bonds. The average Bonchev–Trinajstić information content (AvgIpc) is 2.89. The van der Waals surface area contributed by atoms with Gasteiger partial charge in [0.1, 0.15) is 29.0 Å². The summed E-state index contributed by atoms with van der Waals surface area (Å²) < 4.78 is 35.0. The van der Waals surface area contributed by atoms with Crippen LogP contribution in [0.4, 0.5) is 0 Å². The predicted molar refractivity (Wildman–Crippen MR) is 140 cm³/mol. The fourth-order valence-electron chi connectivity index (χ4n) is 4.50. The van der Waals surface area contributed by atoms with Crippen LogP contribution in [0.25, 0.3) is 6.08 Å². The molecule has 0 fully saturated rings. The Labute approximate surface area is 216 Å². The van der Waals surface area contributed by atoms with Gasteiger partial charge in [-0.3, -0.25) is 4.21 Å². The van der Waals surface area contributed by atoms with Crippen LogP contribution >= 0.6 is 0 Å². The maximum absolute atomic E-state index is 13.0. The van der Waals surface area contributed by atoms with Crippen LogP contribution in [0.2, 0.25) is 0 Å². The number of quaternary nitrogens is 1. The van der Waals surface area contributed by atoms with Gasteiger partial charge in [-0.15, -0.1) is 0 Å². The first-order chi connectivity index (χ1) is 17.2. The summed E-state index contributed by atoms with van der Waals surface area (Å²) in [5.41, 5.74) is 1.90. The fourth-order valence-corrected chi connectivity index (χ4v) is 5.40. The third-order valence-electron chi connectivity index (χ3n) is 6.70. The van der Waals surface area contributed by atoms with Crippen molar-refractivity contribution in [2.75, 3.05) is 48.1 Å². The van der Waals surface area contributed by atoms with Crippen LogP contribution in [-0.2, 0) is 21.3 Å². The zero-order valence-corrected chi connectivity index (χ0v) is 23.0. The average molecular weight is 520 g/mol. The quantitative estimate of drug-likeness (QED) is 0.354. The molecule has 0 radical (unpaired) electrons. The van der Waals surface area contributed by atoms with Gasteiger partial charge >= 0.3 is 0 Å². The SMILES string of the molecule is CC[N+](CC)(CC)C(C(=O)[O-])c1cc(CS(=O)/C=C/c2c(OC)cc(OC)cc2OC)ccc1OC. The number of nitrogens with zero attached hydrogens (tertiary/aromatic N) is 1. The molecule has 0 aliphatic heterocycles. The highest BCUT2D eigenvalue weighted by molar-refractivity contribution is 7.87. The standard InChI is InChI=1S/C27H37NO7S/c1-8-28(9-2,10-3)26(27(29)30)22-15-19(11-12-23(22)33-5)18-36(31)14-13-21-24(34-6)16-20(32-4)17-25(21)35-7/h11-17,26H,8-10,18H2,1-7H3/b14-13+. The maximum Gasteiger partial charge on any atom is 0.158 e. The van der Waals surface area contributed by atoms with Crippen molar-refractivity contribution < 1.29 is 37.5 Å². The van der Waals surface area contributed by atoms with Crippen molar-refractivity contribution in [2.45, 2.75) is 32.6 Å². The molecule has 0 aromatic heterocycles. The van der Waals surface area contributed by atoms with Crippen molar-refractivity contribution in [1.29, 1.82) is 0 Å². The minimum Gasteiger partial charge on any atom is -0.544 e. The van der Waals surface area contributed by atoms with E-state index in [9.17, 15) is 14.1 Å². The van der Waals surface area contributed by atoms with Gasteiger partial charge in [-0.25, -0.2) is 0 Å². The second-order valence-electron chi connectivity index (χ2n) is 8.24. The highest BCUT2D eigenvalue weighted by Gasteiger charge is 2.37. The number of rotatable bonds is 14. The van der Waals surface area contributed by atoms with E-state index in [4.69, 9.17) is 18.9 Å².